The van der Waals surface area contributed by atoms with Crippen LogP contribution in [0.15, 0.2) is 0 Å². The van der Waals surface area contributed by atoms with Crippen molar-refractivity contribution in [3.8, 4) is 0 Å². The topological polar surface area (TPSA) is 26.7 Å². The van der Waals surface area contributed by atoms with E-state index in [4.69, 9.17) is 0 Å². The zero-order valence-corrected chi connectivity index (χ0v) is 11.4. The van der Waals surface area contributed by atoms with Crippen molar-refractivity contribution >= 4 is 0 Å². The van der Waals surface area contributed by atoms with Crippen molar-refractivity contribution in [1.82, 2.24) is 9.80 Å². The summed E-state index contributed by atoms with van der Waals surface area (Å²) in [6.45, 7) is 11.6. The summed E-state index contributed by atoms with van der Waals surface area (Å²) in [6.07, 6.45) is 3.40. The van der Waals surface area contributed by atoms with E-state index >= 15 is 0 Å². The molecule has 0 radical (unpaired) electrons. The van der Waals surface area contributed by atoms with Gasteiger partial charge in [0, 0.05) is 32.7 Å². The highest BCUT2D eigenvalue weighted by Crippen LogP contribution is 2.29. The van der Waals surface area contributed by atoms with Crippen molar-refractivity contribution in [2.24, 2.45) is 11.8 Å². The molecule has 2 rings (SSSR count). The molecule has 1 heterocycles. The van der Waals surface area contributed by atoms with Crippen molar-refractivity contribution in [2.45, 2.75) is 39.2 Å². The van der Waals surface area contributed by atoms with Gasteiger partial charge < -0.3 is 14.9 Å². The lowest BCUT2D eigenvalue weighted by molar-refractivity contribution is 0.0200. The molecular formula is C14H28N2O. The number of piperazine rings is 1. The molecule has 0 aromatic rings. The number of hydrogen-bond acceptors (Lipinski definition) is 3. The van der Waals surface area contributed by atoms with E-state index in [0.29, 0.717) is 5.92 Å². The normalized spacial score (nSPS) is 37.2. The molecule has 1 saturated heterocycles. The first-order valence-corrected chi connectivity index (χ1v) is 7.31. The molecule has 1 aliphatic heterocycles. The van der Waals surface area contributed by atoms with Gasteiger partial charge in [-0.3, -0.25) is 0 Å². The fraction of sp³-hybridized carbons (Fsp3) is 1.00. The van der Waals surface area contributed by atoms with Gasteiger partial charge in [0.25, 0.3) is 0 Å². The van der Waals surface area contributed by atoms with Crippen LogP contribution in [0.5, 0.6) is 0 Å². The van der Waals surface area contributed by atoms with Gasteiger partial charge in [0.05, 0.1) is 6.10 Å². The van der Waals surface area contributed by atoms with Gasteiger partial charge in [-0.25, -0.2) is 0 Å². The average Bonchev–Trinajstić information content (AvgIpc) is 2.35. The fourth-order valence-corrected chi connectivity index (χ4v) is 3.30. The minimum Gasteiger partial charge on any atom is -0.393 e. The van der Waals surface area contributed by atoms with Crippen LogP contribution in [0.1, 0.15) is 33.1 Å². The van der Waals surface area contributed by atoms with Crippen molar-refractivity contribution in [3.63, 3.8) is 0 Å². The van der Waals surface area contributed by atoms with Crippen molar-refractivity contribution in [2.75, 3.05) is 39.3 Å². The second-order valence-corrected chi connectivity index (χ2v) is 5.98. The molecule has 1 saturated carbocycles. The Hall–Kier alpha value is -0.120. The molecular weight excluding hydrogens is 212 g/mol. The molecule has 1 aliphatic carbocycles. The Morgan fingerprint density at radius 2 is 1.71 bits per heavy atom. The highest BCUT2D eigenvalue weighted by atomic mass is 16.3. The van der Waals surface area contributed by atoms with E-state index in [2.05, 4.69) is 23.6 Å². The van der Waals surface area contributed by atoms with Gasteiger partial charge in [0.15, 0.2) is 0 Å². The number of aliphatic hydroxyl groups excluding tert-OH is 1. The van der Waals surface area contributed by atoms with Gasteiger partial charge in [-0.05, 0) is 37.6 Å². The predicted octanol–water partition coefficient (Wildman–Crippen LogP) is 1.42. The lowest BCUT2D eigenvalue weighted by Crippen LogP contribution is -2.49. The summed E-state index contributed by atoms with van der Waals surface area (Å²) in [4.78, 5) is 5.06. The molecule has 2 aliphatic rings. The molecule has 3 unspecified atom stereocenters. The molecule has 3 atom stereocenters. The third-order valence-electron chi connectivity index (χ3n) is 4.61. The Labute approximate surface area is 106 Å². The summed E-state index contributed by atoms with van der Waals surface area (Å²) in [5.74, 6) is 1.33. The first-order valence-electron chi connectivity index (χ1n) is 7.31. The van der Waals surface area contributed by atoms with E-state index in [1.54, 1.807) is 0 Å². The largest absolute Gasteiger partial charge is 0.393 e. The molecule has 0 aromatic carbocycles. The van der Waals surface area contributed by atoms with Crippen LogP contribution in [0.4, 0.5) is 0 Å². The smallest absolute Gasteiger partial charge is 0.0580 e. The summed E-state index contributed by atoms with van der Waals surface area (Å²) in [5.41, 5.74) is 0. The molecule has 0 amide bonds. The number of aliphatic hydroxyl groups is 1. The van der Waals surface area contributed by atoms with Gasteiger partial charge in [-0.15, -0.1) is 0 Å². The number of likely N-dealkylation sites (N-methyl/N-ethyl adjacent to an activating group) is 1. The van der Waals surface area contributed by atoms with E-state index in [1.165, 1.54) is 45.6 Å². The van der Waals surface area contributed by atoms with Crippen LogP contribution in [0.3, 0.4) is 0 Å². The number of hydrogen-bond donors (Lipinski definition) is 1. The Morgan fingerprint density at radius 1 is 1.06 bits per heavy atom. The van der Waals surface area contributed by atoms with E-state index in [0.717, 1.165) is 18.9 Å². The minimum atomic E-state index is -0.0459. The maximum Gasteiger partial charge on any atom is 0.0580 e. The van der Waals surface area contributed by atoms with E-state index in [9.17, 15) is 5.11 Å². The molecule has 1 N–H and O–H groups in total. The van der Waals surface area contributed by atoms with Gasteiger partial charge in [0.1, 0.15) is 0 Å². The molecule has 0 bridgehead atoms. The van der Waals surface area contributed by atoms with Crippen molar-refractivity contribution in [3.05, 3.63) is 0 Å². The summed E-state index contributed by atoms with van der Waals surface area (Å²) in [5, 5.41) is 10.1. The minimum absolute atomic E-state index is 0.0459. The molecule has 2 fully saturated rings. The first kappa shape index (κ1) is 13.3. The monoisotopic (exact) mass is 240 g/mol. The van der Waals surface area contributed by atoms with Crippen LogP contribution >= 0.6 is 0 Å². The molecule has 100 valence electrons. The maximum absolute atomic E-state index is 10.1. The zero-order chi connectivity index (χ0) is 12.3. The summed E-state index contributed by atoms with van der Waals surface area (Å²) >= 11 is 0. The number of nitrogens with zero attached hydrogens (tertiary/aromatic N) is 2. The van der Waals surface area contributed by atoms with Crippen LogP contribution in [0, 0.1) is 11.8 Å². The maximum atomic E-state index is 10.1. The Balaban J connectivity index is 1.76. The fourth-order valence-electron chi connectivity index (χ4n) is 3.30. The summed E-state index contributed by atoms with van der Waals surface area (Å²) < 4.78 is 0. The third-order valence-corrected chi connectivity index (χ3v) is 4.61. The molecule has 0 aromatic heterocycles. The van der Waals surface area contributed by atoms with E-state index in [1.807, 2.05) is 0 Å². The van der Waals surface area contributed by atoms with Gasteiger partial charge in [0.2, 0.25) is 0 Å². The summed E-state index contributed by atoms with van der Waals surface area (Å²) in [7, 11) is 0. The molecule has 0 spiro atoms. The van der Waals surface area contributed by atoms with Gasteiger partial charge >= 0.3 is 0 Å². The Bertz CT molecular complexity index is 226. The quantitative estimate of drug-likeness (QED) is 0.808. The van der Waals surface area contributed by atoms with E-state index < -0.39 is 0 Å². The molecule has 17 heavy (non-hydrogen) atoms. The molecule has 3 heteroatoms. The van der Waals surface area contributed by atoms with Crippen molar-refractivity contribution in [1.29, 1.82) is 0 Å². The third kappa shape index (κ3) is 3.67. The second-order valence-electron chi connectivity index (χ2n) is 5.98. The van der Waals surface area contributed by atoms with E-state index in [-0.39, 0.29) is 6.10 Å². The lowest BCUT2D eigenvalue weighted by atomic mass is 9.80. The van der Waals surface area contributed by atoms with Crippen molar-refractivity contribution < 1.29 is 5.11 Å². The Kier molecular flexibility index (Phi) is 4.83. The highest BCUT2D eigenvalue weighted by molar-refractivity contribution is 4.82. The van der Waals surface area contributed by atoms with Crippen LogP contribution in [0.25, 0.3) is 0 Å². The first-order chi connectivity index (χ1) is 8.19. The predicted molar refractivity (Wildman–Crippen MR) is 71.1 cm³/mol. The SMILES string of the molecule is CCN1CCN(CC2CC(C)CCC2O)CC1. The van der Waals surface area contributed by atoms with Gasteiger partial charge in [-0.1, -0.05) is 13.8 Å². The highest BCUT2D eigenvalue weighted by Gasteiger charge is 2.29. The summed E-state index contributed by atoms with van der Waals surface area (Å²) in [6, 6.07) is 0. The standard InChI is InChI=1S/C14H28N2O/c1-3-15-6-8-16(9-7-15)11-13-10-12(2)4-5-14(13)17/h12-14,17H,3-11H2,1-2H3. The second kappa shape index (κ2) is 6.17. The lowest BCUT2D eigenvalue weighted by Gasteiger charge is -2.39. The Morgan fingerprint density at radius 3 is 2.35 bits per heavy atom. The zero-order valence-electron chi connectivity index (χ0n) is 11.4. The van der Waals surface area contributed by atoms with Crippen LogP contribution in [0.2, 0.25) is 0 Å². The van der Waals surface area contributed by atoms with Crippen LogP contribution < -0.4 is 0 Å². The van der Waals surface area contributed by atoms with Crippen LogP contribution in [-0.2, 0) is 0 Å². The van der Waals surface area contributed by atoms with Gasteiger partial charge in [-0.2, -0.15) is 0 Å². The number of rotatable bonds is 3. The van der Waals surface area contributed by atoms with Crippen LogP contribution in [-0.4, -0.2) is 60.3 Å². The molecule has 3 nitrogen and oxygen atoms in total. The average molecular weight is 240 g/mol.